The van der Waals surface area contributed by atoms with E-state index in [0.29, 0.717) is 28.0 Å². The number of hydrogen-bond donors (Lipinski definition) is 6. The number of allylic oxidation sites excluding steroid dienone is 2. The molecular weight excluding hydrogens is 418 g/mol. The second-order valence-corrected chi connectivity index (χ2v) is 7.19. The number of phenolic OH excluding ortho intramolecular Hbond substituents is 1. The predicted molar refractivity (Wildman–Crippen MR) is 113 cm³/mol. The van der Waals surface area contributed by atoms with Crippen molar-refractivity contribution in [1.29, 1.82) is 0 Å². The van der Waals surface area contributed by atoms with Crippen LogP contribution in [-0.4, -0.2) is 47.5 Å². The van der Waals surface area contributed by atoms with E-state index in [9.17, 15) is 25.2 Å². The topological polar surface area (TPSA) is 161 Å². The number of pyridine rings is 1. The van der Waals surface area contributed by atoms with Gasteiger partial charge in [-0.2, -0.15) is 0 Å². The Hall–Kier alpha value is -3.82. The Balaban J connectivity index is 0.000000207. The van der Waals surface area contributed by atoms with E-state index in [4.69, 9.17) is 14.9 Å². The Kier molecular flexibility index (Phi) is 6.82. The minimum atomic E-state index is -0.847. The number of ether oxygens (including phenoxy) is 1. The molecule has 2 aromatic rings. The summed E-state index contributed by atoms with van der Waals surface area (Å²) < 4.78 is 5.41. The highest BCUT2D eigenvalue weighted by Gasteiger charge is 2.39. The molecule has 1 aromatic heterocycles. The summed E-state index contributed by atoms with van der Waals surface area (Å²) >= 11 is 0. The number of carbonyl (C=O) groups is 1. The number of aromatic nitrogens is 1. The van der Waals surface area contributed by atoms with Crippen molar-refractivity contribution in [3.63, 3.8) is 0 Å². The standard InChI is InChI=1S/C15H12O5.C8H11NO3/c16-9-3-1-8(2-4-9)11-7-20-13-6-10(17)5-12(18)14(13)15(11)19;1-5-8(12)7(4-11)6(3-10)2-9-5/h1-7,13-14,16-18H;2,10-12H,3-4H2,1H3. The Morgan fingerprint density at radius 1 is 1.03 bits per heavy atom. The van der Waals surface area contributed by atoms with Crippen molar-refractivity contribution >= 4 is 11.4 Å². The van der Waals surface area contributed by atoms with Gasteiger partial charge in [0.15, 0.2) is 5.78 Å². The molecular formula is C23H23NO8. The number of rotatable bonds is 3. The molecule has 0 saturated carbocycles. The number of fused-ring (bicyclic) bond motifs is 1. The van der Waals surface area contributed by atoms with E-state index >= 15 is 0 Å². The first-order chi connectivity index (χ1) is 15.3. The highest BCUT2D eigenvalue weighted by Crippen LogP contribution is 2.35. The van der Waals surface area contributed by atoms with Crippen LogP contribution < -0.4 is 0 Å². The number of aliphatic hydroxyl groups is 4. The molecule has 0 radical (unpaired) electrons. The zero-order valence-corrected chi connectivity index (χ0v) is 17.1. The molecule has 1 aliphatic heterocycles. The Morgan fingerprint density at radius 3 is 2.34 bits per heavy atom. The van der Waals surface area contributed by atoms with Crippen LogP contribution in [0.3, 0.4) is 0 Å². The van der Waals surface area contributed by atoms with E-state index in [1.54, 1.807) is 19.1 Å². The Labute approximate surface area is 183 Å². The first kappa shape index (κ1) is 22.9. The predicted octanol–water partition coefficient (Wildman–Crippen LogP) is 2.29. The maximum Gasteiger partial charge on any atom is 0.181 e. The van der Waals surface area contributed by atoms with Crippen molar-refractivity contribution in [3.8, 4) is 11.5 Å². The first-order valence-electron chi connectivity index (χ1n) is 9.65. The highest BCUT2D eigenvalue weighted by atomic mass is 16.5. The summed E-state index contributed by atoms with van der Waals surface area (Å²) in [7, 11) is 0. The minimum absolute atomic E-state index is 0.0379. The molecule has 2 unspecified atom stereocenters. The number of Topliss-reactive ketones (excluding diaryl/α,β-unsaturated/α-hetero) is 1. The summed E-state index contributed by atoms with van der Waals surface area (Å²) in [5.74, 6) is -1.42. The SMILES string of the molecule is Cc1ncc(CO)c(CO)c1O.O=C1C(c2ccc(O)cc2)=COC2C=C(O)C=C(O)C12. The maximum atomic E-state index is 12.4. The van der Waals surface area contributed by atoms with E-state index in [0.717, 1.165) is 6.08 Å². The number of aryl methyl sites for hydroxylation is 1. The van der Waals surface area contributed by atoms with E-state index in [-0.39, 0.29) is 42.0 Å². The van der Waals surface area contributed by atoms with Crippen LogP contribution in [0.5, 0.6) is 11.5 Å². The van der Waals surface area contributed by atoms with Crippen LogP contribution in [0.15, 0.2) is 60.4 Å². The van der Waals surface area contributed by atoms with E-state index < -0.39 is 12.0 Å². The molecule has 0 bridgehead atoms. The number of aromatic hydroxyl groups is 2. The van der Waals surface area contributed by atoms with Crippen LogP contribution in [0, 0.1) is 12.8 Å². The van der Waals surface area contributed by atoms with Crippen LogP contribution in [-0.2, 0) is 22.7 Å². The average Bonchev–Trinajstić information content (AvgIpc) is 2.76. The van der Waals surface area contributed by atoms with Crippen molar-refractivity contribution in [2.45, 2.75) is 26.2 Å². The maximum absolute atomic E-state index is 12.4. The zero-order chi connectivity index (χ0) is 23.4. The summed E-state index contributed by atoms with van der Waals surface area (Å²) in [4.78, 5) is 16.3. The van der Waals surface area contributed by atoms with Gasteiger partial charge in [-0.1, -0.05) is 12.1 Å². The molecule has 2 heterocycles. The van der Waals surface area contributed by atoms with Crippen molar-refractivity contribution < 1.29 is 40.2 Å². The molecule has 32 heavy (non-hydrogen) atoms. The van der Waals surface area contributed by atoms with Crippen molar-refractivity contribution in [3.05, 3.63) is 82.8 Å². The van der Waals surface area contributed by atoms with Gasteiger partial charge in [-0.25, -0.2) is 0 Å². The van der Waals surface area contributed by atoms with E-state index in [1.165, 1.54) is 30.7 Å². The van der Waals surface area contributed by atoms with Gasteiger partial charge >= 0.3 is 0 Å². The molecule has 0 spiro atoms. The number of phenols is 1. The molecule has 1 aliphatic carbocycles. The lowest BCUT2D eigenvalue weighted by atomic mass is 9.84. The van der Waals surface area contributed by atoms with Gasteiger partial charge < -0.3 is 35.4 Å². The first-order valence-corrected chi connectivity index (χ1v) is 9.65. The average molecular weight is 441 g/mol. The molecule has 6 N–H and O–H groups in total. The largest absolute Gasteiger partial charge is 0.511 e. The monoisotopic (exact) mass is 441 g/mol. The molecule has 2 atom stereocenters. The lowest BCUT2D eigenvalue weighted by molar-refractivity contribution is -0.121. The molecule has 1 aromatic carbocycles. The third-order valence-corrected chi connectivity index (χ3v) is 5.11. The van der Waals surface area contributed by atoms with Crippen LogP contribution >= 0.6 is 0 Å². The second kappa shape index (κ2) is 9.54. The van der Waals surface area contributed by atoms with Crippen molar-refractivity contribution in [1.82, 2.24) is 4.98 Å². The molecule has 0 amide bonds. The van der Waals surface area contributed by atoms with E-state index in [2.05, 4.69) is 4.98 Å². The van der Waals surface area contributed by atoms with Crippen LogP contribution in [0.4, 0.5) is 0 Å². The third kappa shape index (κ3) is 4.58. The van der Waals surface area contributed by atoms with Crippen LogP contribution in [0.25, 0.3) is 5.57 Å². The Morgan fingerprint density at radius 2 is 1.72 bits per heavy atom. The zero-order valence-electron chi connectivity index (χ0n) is 17.1. The smallest absolute Gasteiger partial charge is 0.181 e. The molecule has 0 fully saturated rings. The summed E-state index contributed by atoms with van der Waals surface area (Å²) in [6.45, 7) is 1.12. The normalized spacial score (nSPS) is 19.5. The number of hydrogen-bond acceptors (Lipinski definition) is 9. The van der Waals surface area contributed by atoms with Gasteiger partial charge in [-0.3, -0.25) is 9.78 Å². The van der Waals surface area contributed by atoms with Gasteiger partial charge in [0.1, 0.15) is 35.0 Å². The van der Waals surface area contributed by atoms with Crippen molar-refractivity contribution in [2.24, 2.45) is 5.92 Å². The number of nitrogens with zero attached hydrogens (tertiary/aromatic N) is 1. The molecule has 0 saturated heterocycles. The number of carbonyl (C=O) groups excluding carboxylic acids is 1. The highest BCUT2D eigenvalue weighted by molar-refractivity contribution is 6.23. The molecule has 4 rings (SSSR count). The third-order valence-electron chi connectivity index (χ3n) is 5.11. The number of benzene rings is 1. The fourth-order valence-electron chi connectivity index (χ4n) is 3.34. The molecule has 2 aliphatic rings. The van der Waals surface area contributed by atoms with Gasteiger partial charge in [0.25, 0.3) is 0 Å². The second-order valence-electron chi connectivity index (χ2n) is 7.19. The van der Waals surface area contributed by atoms with Gasteiger partial charge in [0.2, 0.25) is 0 Å². The lowest BCUT2D eigenvalue weighted by Gasteiger charge is -2.30. The minimum Gasteiger partial charge on any atom is -0.511 e. The summed E-state index contributed by atoms with van der Waals surface area (Å²) in [5, 5.41) is 55.5. The van der Waals surface area contributed by atoms with Crippen LogP contribution in [0.2, 0.25) is 0 Å². The van der Waals surface area contributed by atoms with Gasteiger partial charge in [0.05, 0.1) is 30.7 Å². The summed E-state index contributed by atoms with van der Waals surface area (Å²) in [5.41, 5.74) is 2.18. The molecule has 9 nitrogen and oxygen atoms in total. The molecule has 168 valence electrons. The fourth-order valence-corrected chi connectivity index (χ4v) is 3.34. The van der Waals surface area contributed by atoms with E-state index in [1.807, 2.05) is 0 Å². The van der Waals surface area contributed by atoms with Crippen LogP contribution in [0.1, 0.15) is 22.4 Å². The van der Waals surface area contributed by atoms with Gasteiger partial charge in [0, 0.05) is 23.4 Å². The lowest BCUT2D eigenvalue weighted by Crippen LogP contribution is -2.36. The Bertz CT molecular complexity index is 1100. The summed E-state index contributed by atoms with van der Waals surface area (Å²) in [6.07, 6.45) is 4.58. The van der Waals surface area contributed by atoms with Gasteiger partial charge in [-0.05, 0) is 30.7 Å². The number of ketones is 1. The van der Waals surface area contributed by atoms with Gasteiger partial charge in [-0.15, -0.1) is 0 Å². The van der Waals surface area contributed by atoms with Crippen molar-refractivity contribution in [2.75, 3.05) is 0 Å². The quantitative estimate of drug-likeness (QED) is 0.420. The molecule has 9 heteroatoms. The fraction of sp³-hybridized carbons (Fsp3) is 0.217. The summed E-state index contributed by atoms with van der Waals surface area (Å²) in [6, 6.07) is 6.13. The number of aliphatic hydroxyl groups excluding tert-OH is 4.